The van der Waals surface area contributed by atoms with Crippen molar-refractivity contribution in [3.63, 3.8) is 0 Å². The van der Waals surface area contributed by atoms with Gasteiger partial charge in [-0.1, -0.05) is 41.7 Å². The summed E-state index contributed by atoms with van der Waals surface area (Å²) in [4.78, 5) is 19.0. The van der Waals surface area contributed by atoms with E-state index in [0.29, 0.717) is 27.2 Å². The summed E-state index contributed by atoms with van der Waals surface area (Å²) in [5.41, 5.74) is 2.40. The fourth-order valence-corrected chi connectivity index (χ4v) is 4.19. The molecular formula is C26H27N5O3S. The molecule has 0 unspecified atom stereocenters. The maximum absolute atomic E-state index is 12.9. The van der Waals surface area contributed by atoms with Crippen LogP contribution in [-0.2, 0) is 0 Å². The Bertz CT molecular complexity index is 1250. The van der Waals surface area contributed by atoms with E-state index >= 15 is 0 Å². The van der Waals surface area contributed by atoms with Crippen LogP contribution in [0.3, 0.4) is 0 Å². The number of carbonyl (C=O) groups excluding carboxylic acids is 1. The van der Waals surface area contributed by atoms with Gasteiger partial charge in [0.1, 0.15) is 11.1 Å². The van der Waals surface area contributed by atoms with E-state index in [4.69, 9.17) is 9.47 Å². The normalized spacial score (nSPS) is 11.8. The predicted octanol–water partition coefficient (Wildman–Crippen LogP) is 4.93. The summed E-state index contributed by atoms with van der Waals surface area (Å²) in [5.74, 6) is 0.755. The highest BCUT2D eigenvalue weighted by atomic mass is 32.1. The second-order valence-electron chi connectivity index (χ2n) is 8.08. The van der Waals surface area contributed by atoms with Gasteiger partial charge in [0.25, 0.3) is 5.91 Å². The van der Waals surface area contributed by atoms with Crippen LogP contribution in [0.15, 0.2) is 73.1 Å². The van der Waals surface area contributed by atoms with E-state index in [9.17, 15) is 4.79 Å². The molecule has 2 heterocycles. The molecule has 0 spiro atoms. The molecule has 35 heavy (non-hydrogen) atoms. The third-order valence-corrected chi connectivity index (χ3v) is 6.17. The number of hydrogen-bond donors (Lipinski definition) is 1. The van der Waals surface area contributed by atoms with Crippen LogP contribution < -0.4 is 14.8 Å². The van der Waals surface area contributed by atoms with E-state index in [1.54, 1.807) is 37.7 Å². The molecule has 0 saturated carbocycles. The lowest BCUT2D eigenvalue weighted by atomic mass is 10.1. The van der Waals surface area contributed by atoms with E-state index in [1.165, 1.54) is 11.3 Å². The van der Waals surface area contributed by atoms with Crippen molar-refractivity contribution in [2.24, 2.45) is 0 Å². The number of methoxy groups -OCH3 is 1. The number of aromatic nitrogens is 3. The van der Waals surface area contributed by atoms with Gasteiger partial charge in [-0.2, -0.15) is 0 Å². The Morgan fingerprint density at radius 3 is 2.51 bits per heavy atom. The topological polar surface area (TPSA) is 89.5 Å². The van der Waals surface area contributed by atoms with Crippen molar-refractivity contribution in [3.8, 4) is 22.1 Å². The first-order chi connectivity index (χ1) is 17.0. The average molecular weight is 490 g/mol. The Kier molecular flexibility index (Phi) is 8.02. The van der Waals surface area contributed by atoms with Crippen molar-refractivity contribution in [3.05, 3.63) is 84.2 Å². The fraction of sp³-hybridized carbons (Fsp3) is 0.231. The lowest BCUT2D eigenvalue weighted by Crippen LogP contribution is -2.19. The number of ether oxygens (including phenoxy) is 2. The number of nitrogens with one attached hydrogen (secondary N) is 1. The molecule has 180 valence electrons. The van der Waals surface area contributed by atoms with Gasteiger partial charge >= 0.3 is 0 Å². The van der Waals surface area contributed by atoms with Crippen LogP contribution in [0.25, 0.3) is 10.6 Å². The zero-order valence-corrected chi connectivity index (χ0v) is 20.7. The van der Waals surface area contributed by atoms with Crippen molar-refractivity contribution < 1.29 is 14.3 Å². The maximum Gasteiger partial charge on any atom is 0.257 e. The highest BCUT2D eigenvalue weighted by molar-refractivity contribution is 7.18. The molecule has 4 aromatic rings. The monoisotopic (exact) mass is 489 g/mol. The second-order valence-corrected chi connectivity index (χ2v) is 9.05. The summed E-state index contributed by atoms with van der Waals surface area (Å²) < 4.78 is 11.9. The van der Waals surface area contributed by atoms with Crippen molar-refractivity contribution in [1.82, 2.24) is 20.1 Å². The maximum atomic E-state index is 12.9. The van der Waals surface area contributed by atoms with Crippen molar-refractivity contribution in [1.29, 1.82) is 0 Å². The number of carbonyl (C=O) groups is 1. The van der Waals surface area contributed by atoms with Gasteiger partial charge in [-0.25, -0.2) is 0 Å². The number of pyridine rings is 1. The summed E-state index contributed by atoms with van der Waals surface area (Å²) in [7, 11) is 5.63. The minimum atomic E-state index is -0.306. The van der Waals surface area contributed by atoms with E-state index in [-0.39, 0.29) is 12.0 Å². The summed E-state index contributed by atoms with van der Waals surface area (Å²) >= 11 is 1.29. The molecule has 2 aromatic heterocycles. The van der Waals surface area contributed by atoms with E-state index in [0.717, 1.165) is 24.1 Å². The standard InChI is InChI=1S/C26H27N5O3S/c1-31(2)16-13-21(18-7-5-4-6-8-18)34-22-10-9-20(17-23(22)33-3)24(32)28-26-30-29-25(35-26)19-11-14-27-15-12-19/h4-12,14-15,17,21H,13,16H2,1-3H3,(H,28,30,32)/t21-/m1/s1. The molecular weight excluding hydrogens is 462 g/mol. The zero-order valence-electron chi connectivity index (χ0n) is 19.8. The lowest BCUT2D eigenvalue weighted by Gasteiger charge is -2.23. The molecule has 0 aliphatic rings. The Morgan fingerprint density at radius 2 is 1.80 bits per heavy atom. The Labute approximate surface area is 208 Å². The van der Waals surface area contributed by atoms with Gasteiger partial charge in [-0.3, -0.25) is 15.1 Å². The molecule has 1 amide bonds. The fourth-order valence-electron chi connectivity index (χ4n) is 3.45. The van der Waals surface area contributed by atoms with E-state index < -0.39 is 0 Å². The van der Waals surface area contributed by atoms with Gasteiger partial charge in [0.05, 0.1) is 7.11 Å². The minimum absolute atomic E-state index is 0.153. The lowest BCUT2D eigenvalue weighted by molar-refractivity contribution is 0.102. The van der Waals surface area contributed by atoms with Gasteiger partial charge in [0.15, 0.2) is 11.5 Å². The van der Waals surface area contributed by atoms with Crippen LogP contribution >= 0.6 is 11.3 Å². The molecule has 4 rings (SSSR count). The van der Waals surface area contributed by atoms with Crippen molar-refractivity contribution in [2.75, 3.05) is 33.1 Å². The van der Waals surface area contributed by atoms with Crippen LogP contribution in [0.4, 0.5) is 5.13 Å². The molecule has 0 radical (unpaired) electrons. The Hall–Kier alpha value is -3.82. The highest BCUT2D eigenvalue weighted by Gasteiger charge is 2.19. The molecule has 1 N–H and O–H groups in total. The average Bonchev–Trinajstić information content (AvgIpc) is 3.36. The predicted molar refractivity (Wildman–Crippen MR) is 137 cm³/mol. The third kappa shape index (κ3) is 6.40. The zero-order chi connectivity index (χ0) is 24.6. The molecule has 0 fully saturated rings. The van der Waals surface area contributed by atoms with Crippen LogP contribution in [-0.4, -0.2) is 53.7 Å². The Morgan fingerprint density at radius 1 is 1.03 bits per heavy atom. The molecule has 0 saturated heterocycles. The summed E-state index contributed by atoms with van der Waals surface area (Å²) in [6.07, 6.45) is 4.03. The quantitative estimate of drug-likeness (QED) is 0.338. The summed E-state index contributed by atoms with van der Waals surface area (Å²) in [6, 6.07) is 18.9. The van der Waals surface area contributed by atoms with Gasteiger partial charge in [-0.15, -0.1) is 10.2 Å². The number of nitrogens with zero attached hydrogens (tertiary/aromatic N) is 4. The summed E-state index contributed by atoms with van der Waals surface area (Å²) in [6.45, 7) is 0.867. The molecule has 8 nitrogen and oxygen atoms in total. The van der Waals surface area contributed by atoms with Gasteiger partial charge < -0.3 is 14.4 Å². The second kappa shape index (κ2) is 11.5. The van der Waals surface area contributed by atoms with Crippen LogP contribution in [0.5, 0.6) is 11.5 Å². The van der Waals surface area contributed by atoms with Crippen molar-refractivity contribution in [2.45, 2.75) is 12.5 Å². The smallest absolute Gasteiger partial charge is 0.257 e. The van der Waals surface area contributed by atoms with Crippen LogP contribution in [0.1, 0.15) is 28.4 Å². The molecule has 1 atom stereocenters. The SMILES string of the molecule is COc1cc(C(=O)Nc2nnc(-c3ccncc3)s2)ccc1O[C@H](CCN(C)C)c1ccccc1. The molecule has 0 aliphatic heterocycles. The molecule has 2 aromatic carbocycles. The Balaban J connectivity index is 1.49. The number of hydrogen-bond acceptors (Lipinski definition) is 8. The van der Waals surface area contributed by atoms with Crippen LogP contribution in [0, 0.1) is 0 Å². The number of amides is 1. The van der Waals surface area contributed by atoms with Gasteiger partial charge in [0.2, 0.25) is 5.13 Å². The number of benzene rings is 2. The van der Waals surface area contributed by atoms with Crippen LogP contribution in [0.2, 0.25) is 0 Å². The first-order valence-electron chi connectivity index (χ1n) is 11.1. The number of rotatable bonds is 10. The largest absolute Gasteiger partial charge is 0.493 e. The first kappa shape index (κ1) is 24.3. The highest BCUT2D eigenvalue weighted by Crippen LogP contribution is 2.34. The molecule has 0 bridgehead atoms. The van der Waals surface area contributed by atoms with Gasteiger partial charge in [0, 0.05) is 36.5 Å². The molecule has 0 aliphatic carbocycles. The first-order valence-corrected chi connectivity index (χ1v) is 11.9. The van der Waals surface area contributed by atoms with E-state index in [1.807, 2.05) is 44.4 Å². The molecule has 9 heteroatoms. The minimum Gasteiger partial charge on any atom is -0.493 e. The third-order valence-electron chi connectivity index (χ3n) is 5.28. The van der Waals surface area contributed by atoms with Gasteiger partial charge in [-0.05, 0) is 50.0 Å². The van der Waals surface area contributed by atoms with E-state index in [2.05, 4.69) is 37.5 Å². The number of anilines is 1. The van der Waals surface area contributed by atoms with Crippen molar-refractivity contribution >= 4 is 22.4 Å². The summed E-state index contributed by atoms with van der Waals surface area (Å²) in [5, 5.41) is 12.2.